The second kappa shape index (κ2) is 10.0. The van der Waals surface area contributed by atoms with Crippen molar-refractivity contribution < 1.29 is 4.79 Å². The van der Waals surface area contributed by atoms with Crippen LogP contribution in [0.4, 0.5) is 5.69 Å². The molecule has 26 heavy (non-hydrogen) atoms. The minimum Gasteiger partial charge on any atom is -0.372 e. The van der Waals surface area contributed by atoms with Crippen LogP contribution in [0, 0.1) is 5.92 Å². The summed E-state index contributed by atoms with van der Waals surface area (Å²) in [4.78, 5) is 20.3. The van der Waals surface area contributed by atoms with Crippen molar-refractivity contribution in [2.75, 3.05) is 45.2 Å². The van der Waals surface area contributed by atoms with Crippen LogP contribution in [0.1, 0.15) is 32.3 Å². The minimum absolute atomic E-state index is 0.0239. The number of likely N-dealkylation sites (N-methyl/N-ethyl adjacent to an activating group) is 1. The Morgan fingerprint density at radius 1 is 1.19 bits per heavy atom. The summed E-state index contributed by atoms with van der Waals surface area (Å²) in [5.41, 5.74) is 2.46. The lowest BCUT2D eigenvalue weighted by atomic mass is 9.99. The largest absolute Gasteiger partial charge is 0.372 e. The number of rotatable bonds is 6. The smallest absolute Gasteiger partial charge is 0.241 e. The van der Waals surface area contributed by atoms with Crippen molar-refractivity contribution in [3.63, 3.8) is 0 Å². The van der Waals surface area contributed by atoms with Crippen LogP contribution in [0.5, 0.6) is 0 Å². The zero-order chi connectivity index (χ0) is 18.9. The van der Waals surface area contributed by atoms with Gasteiger partial charge in [-0.25, -0.2) is 4.99 Å². The van der Waals surface area contributed by atoms with E-state index in [0.29, 0.717) is 12.5 Å². The predicted molar refractivity (Wildman–Crippen MR) is 109 cm³/mol. The fourth-order valence-corrected chi connectivity index (χ4v) is 2.91. The van der Waals surface area contributed by atoms with Gasteiger partial charge in [0.2, 0.25) is 5.91 Å². The van der Waals surface area contributed by atoms with Gasteiger partial charge in [0.25, 0.3) is 0 Å². The third-order valence-electron chi connectivity index (χ3n) is 4.75. The Morgan fingerprint density at radius 3 is 2.42 bits per heavy atom. The van der Waals surface area contributed by atoms with Gasteiger partial charge in [0.1, 0.15) is 0 Å². The SMILES string of the molecule is CCNC(=NCc1ccc(N2CCC(C)CC2)cc1)NCC(=O)N(C)C. The van der Waals surface area contributed by atoms with E-state index in [1.807, 2.05) is 6.92 Å². The lowest BCUT2D eigenvalue weighted by Crippen LogP contribution is -2.42. The molecule has 0 bridgehead atoms. The number of piperidine rings is 1. The highest BCUT2D eigenvalue weighted by Gasteiger charge is 2.15. The zero-order valence-electron chi connectivity index (χ0n) is 16.6. The highest BCUT2D eigenvalue weighted by Crippen LogP contribution is 2.23. The highest BCUT2D eigenvalue weighted by molar-refractivity contribution is 5.86. The van der Waals surface area contributed by atoms with Crippen LogP contribution in [0.2, 0.25) is 0 Å². The molecule has 2 rings (SSSR count). The maximum atomic E-state index is 11.7. The van der Waals surface area contributed by atoms with Crippen molar-refractivity contribution in [3.05, 3.63) is 29.8 Å². The lowest BCUT2D eigenvalue weighted by molar-refractivity contribution is -0.127. The number of carbonyl (C=O) groups excluding carboxylic acids is 1. The van der Waals surface area contributed by atoms with Crippen LogP contribution in [0.15, 0.2) is 29.3 Å². The molecule has 0 atom stereocenters. The Hall–Kier alpha value is -2.24. The molecule has 144 valence electrons. The summed E-state index contributed by atoms with van der Waals surface area (Å²) in [5, 5.41) is 6.25. The summed E-state index contributed by atoms with van der Waals surface area (Å²) < 4.78 is 0. The van der Waals surface area contributed by atoms with Crippen LogP contribution in [-0.2, 0) is 11.3 Å². The average Bonchev–Trinajstić information content (AvgIpc) is 2.64. The molecule has 0 unspecified atom stereocenters. The van der Waals surface area contributed by atoms with E-state index < -0.39 is 0 Å². The maximum Gasteiger partial charge on any atom is 0.241 e. The summed E-state index contributed by atoms with van der Waals surface area (Å²) in [7, 11) is 3.50. The molecule has 0 radical (unpaired) electrons. The molecule has 0 spiro atoms. The second-order valence-electron chi connectivity index (χ2n) is 7.17. The molecule has 1 fully saturated rings. The third kappa shape index (κ3) is 6.24. The van der Waals surface area contributed by atoms with Gasteiger partial charge in [-0.2, -0.15) is 0 Å². The molecule has 1 aromatic rings. The van der Waals surface area contributed by atoms with Gasteiger partial charge in [0.05, 0.1) is 13.1 Å². The van der Waals surface area contributed by atoms with Crippen molar-refractivity contribution in [2.45, 2.75) is 33.2 Å². The second-order valence-corrected chi connectivity index (χ2v) is 7.17. The van der Waals surface area contributed by atoms with Gasteiger partial charge in [-0.05, 0) is 43.4 Å². The molecule has 0 aliphatic carbocycles. The Labute approximate surface area is 157 Å². The van der Waals surface area contributed by atoms with Crippen LogP contribution in [0.3, 0.4) is 0 Å². The Bertz CT molecular complexity index is 589. The number of hydrogen-bond acceptors (Lipinski definition) is 3. The normalized spacial score (nSPS) is 15.7. The quantitative estimate of drug-likeness (QED) is 0.603. The van der Waals surface area contributed by atoms with Gasteiger partial charge >= 0.3 is 0 Å². The van der Waals surface area contributed by atoms with E-state index in [-0.39, 0.29) is 12.5 Å². The van der Waals surface area contributed by atoms with E-state index in [0.717, 1.165) is 31.1 Å². The van der Waals surface area contributed by atoms with Gasteiger partial charge in [-0.15, -0.1) is 0 Å². The molecule has 2 N–H and O–H groups in total. The van der Waals surface area contributed by atoms with E-state index in [1.165, 1.54) is 18.5 Å². The Morgan fingerprint density at radius 2 is 1.85 bits per heavy atom. The molecule has 1 amide bonds. The molecule has 6 nitrogen and oxygen atoms in total. The zero-order valence-corrected chi connectivity index (χ0v) is 16.6. The minimum atomic E-state index is 0.0239. The van der Waals surface area contributed by atoms with Crippen LogP contribution in [0.25, 0.3) is 0 Å². The van der Waals surface area contributed by atoms with Gasteiger partial charge < -0.3 is 20.4 Å². The van der Waals surface area contributed by atoms with E-state index in [4.69, 9.17) is 0 Å². The number of guanidine groups is 1. The van der Waals surface area contributed by atoms with Crippen molar-refractivity contribution in [3.8, 4) is 0 Å². The van der Waals surface area contributed by atoms with E-state index in [9.17, 15) is 4.79 Å². The molecular weight excluding hydrogens is 326 g/mol. The highest BCUT2D eigenvalue weighted by atomic mass is 16.2. The molecule has 0 aromatic heterocycles. The van der Waals surface area contributed by atoms with Crippen LogP contribution < -0.4 is 15.5 Å². The topological polar surface area (TPSA) is 60.0 Å². The van der Waals surface area contributed by atoms with E-state index in [1.54, 1.807) is 19.0 Å². The summed E-state index contributed by atoms with van der Waals surface area (Å²) in [6, 6.07) is 8.67. The average molecular weight is 360 g/mol. The van der Waals surface area contributed by atoms with Crippen molar-refractivity contribution in [2.24, 2.45) is 10.9 Å². The maximum absolute atomic E-state index is 11.7. The number of nitrogens with one attached hydrogen (secondary N) is 2. The first kappa shape index (κ1) is 20.1. The molecule has 1 aliphatic heterocycles. The van der Waals surface area contributed by atoms with E-state index in [2.05, 4.69) is 51.7 Å². The third-order valence-corrected chi connectivity index (χ3v) is 4.75. The molecule has 1 saturated heterocycles. The predicted octanol–water partition coefficient (Wildman–Crippen LogP) is 2.07. The number of amides is 1. The molecule has 1 heterocycles. The molecule has 1 aromatic carbocycles. The summed E-state index contributed by atoms with van der Waals surface area (Å²) in [5.74, 6) is 1.53. The van der Waals surface area contributed by atoms with Crippen molar-refractivity contribution >= 4 is 17.6 Å². The standard InChI is InChI=1S/C20H33N5O/c1-5-21-20(23-15-19(26)24(3)4)22-14-17-6-8-18(9-7-17)25-12-10-16(2)11-13-25/h6-9,16H,5,10-15H2,1-4H3,(H2,21,22,23). The number of aliphatic imine (C=N–C) groups is 1. The van der Waals surface area contributed by atoms with Crippen molar-refractivity contribution in [1.82, 2.24) is 15.5 Å². The van der Waals surface area contributed by atoms with Crippen molar-refractivity contribution in [1.29, 1.82) is 0 Å². The Kier molecular flexibility index (Phi) is 7.75. The summed E-state index contributed by atoms with van der Waals surface area (Å²) >= 11 is 0. The monoisotopic (exact) mass is 359 g/mol. The fraction of sp³-hybridized carbons (Fsp3) is 0.600. The molecule has 1 aliphatic rings. The van der Waals surface area contributed by atoms with Gasteiger partial charge in [0, 0.05) is 39.4 Å². The van der Waals surface area contributed by atoms with Gasteiger partial charge in [0.15, 0.2) is 5.96 Å². The first-order valence-electron chi connectivity index (χ1n) is 9.55. The first-order chi connectivity index (χ1) is 12.5. The lowest BCUT2D eigenvalue weighted by Gasteiger charge is -2.32. The number of carbonyl (C=O) groups is 1. The number of benzene rings is 1. The number of anilines is 1. The molecule has 6 heteroatoms. The number of nitrogens with zero attached hydrogens (tertiary/aromatic N) is 3. The van der Waals surface area contributed by atoms with Gasteiger partial charge in [-0.3, -0.25) is 4.79 Å². The van der Waals surface area contributed by atoms with Gasteiger partial charge in [-0.1, -0.05) is 19.1 Å². The summed E-state index contributed by atoms with van der Waals surface area (Å²) in [6.45, 7) is 8.22. The van der Waals surface area contributed by atoms with E-state index >= 15 is 0 Å². The molecule has 0 saturated carbocycles. The number of hydrogen-bond donors (Lipinski definition) is 2. The summed E-state index contributed by atoms with van der Waals surface area (Å²) in [6.07, 6.45) is 2.55. The molecular formula is C20H33N5O. The first-order valence-corrected chi connectivity index (χ1v) is 9.55. The fourth-order valence-electron chi connectivity index (χ4n) is 2.91. The van der Waals surface area contributed by atoms with Crippen LogP contribution >= 0.6 is 0 Å². The van der Waals surface area contributed by atoms with Crippen LogP contribution in [-0.4, -0.2) is 57.0 Å². The Balaban J connectivity index is 1.90.